The van der Waals surface area contributed by atoms with Gasteiger partial charge in [-0.1, -0.05) is 42.1 Å². The molecule has 1 N–H and O–H groups in total. The number of nitrogens with zero attached hydrogens (tertiary/aromatic N) is 4. The van der Waals surface area contributed by atoms with E-state index in [1.165, 1.54) is 23.3 Å². The van der Waals surface area contributed by atoms with Crippen LogP contribution in [0.15, 0.2) is 88.8 Å². The number of aromatic nitrogens is 4. The molecular weight excluding hydrogens is 462 g/mol. The number of Topliss-reactive ketones (excluding diaryl/α,β-unsaturated/α-hetero) is 1. The van der Waals surface area contributed by atoms with Crippen LogP contribution in [0.2, 0.25) is 0 Å². The summed E-state index contributed by atoms with van der Waals surface area (Å²) in [5, 5.41) is 12.0. The second-order valence-electron chi connectivity index (χ2n) is 7.99. The Kier molecular flexibility index (Phi) is 5.92. The molecule has 0 fully saturated rings. The van der Waals surface area contributed by atoms with Gasteiger partial charge >= 0.3 is 0 Å². The SMILES string of the molecule is CC(=O)c1ccc(NC(=O)[C@@H](C)Sc2nnc3n(-c4ccccc4)c(=O)c4ccccc4n23)cc1. The molecule has 2 heterocycles. The molecule has 8 nitrogen and oxygen atoms in total. The third-order valence-electron chi connectivity index (χ3n) is 5.62. The van der Waals surface area contributed by atoms with Gasteiger partial charge in [-0.15, -0.1) is 10.2 Å². The Balaban J connectivity index is 1.51. The van der Waals surface area contributed by atoms with Gasteiger partial charge in [0.15, 0.2) is 10.9 Å². The van der Waals surface area contributed by atoms with Gasteiger partial charge in [0, 0.05) is 11.3 Å². The first-order valence-corrected chi connectivity index (χ1v) is 11.8. The Hall–Kier alpha value is -4.24. The van der Waals surface area contributed by atoms with E-state index in [1.54, 1.807) is 41.7 Å². The summed E-state index contributed by atoms with van der Waals surface area (Å²) in [4.78, 5) is 37.7. The zero-order valence-corrected chi connectivity index (χ0v) is 19.8. The van der Waals surface area contributed by atoms with Crippen LogP contribution in [0.4, 0.5) is 5.69 Å². The highest BCUT2D eigenvalue weighted by atomic mass is 32.2. The summed E-state index contributed by atoms with van der Waals surface area (Å²) in [5.74, 6) is 0.115. The minimum absolute atomic E-state index is 0.0355. The number of ketones is 1. The second-order valence-corrected chi connectivity index (χ2v) is 9.30. The summed E-state index contributed by atoms with van der Waals surface area (Å²) in [6.45, 7) is 3.27. The van der Waals surface area contributed by atoms with Crippen LogP contribution >= 0.6 is 11.8 Å². The summed E-state index contributed by atoms with van der Waals surface area (Å²) in [5.41, 5.74) is 2.33. The fraction of sp³-hybridized carbons (Fsp3) is 0.115. The average Bonchev–Trinajstić information content (AvgIpc) is 3.28. The Bertz CT molecular complexity index is 1620. The Labute approximate surface area is 204 Å². The number of hydrogen-bond donors (Lipinski definition) is 1. The van der Waals surface area contributed by atoms with Gasteiger partial charge in [0.25, 0.3) is 5.56 Å². The van der Waals surface area contributed by atoms with Crippen molar-refractivity contribution >= 4 is 45.8 Å². The number of fused-ring (bicyclic) bond motifs is 3. The van der Waals surface area contributed by atoms with Gasteiger partial charge in [0.05, 0.1) is 21.8 Å². The van der Waals surface area contributed by atoms with Crippen molar-refractivity contribution < 1.29 is 9.59 Å². The summed E-state index contributed by atoms with van der Waals surface area (Å²) in [6, 6.07) is 23.3. The van der Waals surface area contributed by atoms with Crippen molar-refractivity contribution in [2.24, 2.45) is 0 Å². The van der Waals surface area contributed by atoms with E-state index >= 15 is 0 Å². The van der Waals surface area contributed by atoms with E-state index in [2.05, 4.69) is 15.5 Å². The molecule has 3 aromatic carbocycles. The highest BCUT2D eigenvalue weighted by Crippen LogP contribution is 2.27. The summed E-state index contributed by atoms with van der Waals surface area (Å²) < 4.78 is 3.33. The third-order valence-corrected chi connectivity index (χ3v) is 6.66. The predicted molar refractivity (Wildman–Crippen MR) is 136 cm³/mol. The van der Waals surface area contributed by atoms with E-state index in [0.29, 0.717) is 38.8 Å². The van der Waals surface area contributed by atoms with Crippen molar-refractivity contribution in [3.63, 3.8) is 0 Å². The average molecular weight is 484 g/mol. The van der Waals surface area contributed by atoms with E-state index in [0.717, 1.165) is 0 Å². The van der Waals surface area contributed by atoms with Crippen molar-refractivity contribution in [3.05, 3.63) is 94.8 Å². The normalized spacial score (nSPS) is 12.1. The highest BCUT2D eigenvalue weighted by Gasteiger charge is 2.22. The van der Waals surface area contributed by atoms with Crippen LogP contribution in [0, 0.1) is 0 Å². The van der Waals surface area contributed by atoms with Crippen molar-refractivity contribution in [2.45, 2.75) is 24.3 Å². The van der Waals surface area contributed by atoms with E-state index in [9.17, 15) is 14.4 Å². The molecule has 0 aliphatic rings. The number of amides is 1. The maximum Gasteiger partial charge on any atom is 0.267 e. The molecule has 2 aromatic heterocycles. The van der Waals surface area contributed by atoms with Gasteiger partial charge in [-0.05, 0) is 62.4 Å². The molecule has 9 heteroatoms. The number of carbonyl (C=O) groups excluding carboxylic acids is 2. The topological polar surface area (TPSA) is 98.4 Å². The first-order valence-electron chi connectivity index (χ1n) is 11.0. The van der Waals surface area contributed by atoms with Gasteiger partial charge in [-0.2, -0.15) is 0 Å². The molecule has 35 heavy (non-hydrogen) atoms. The van der Waals surface area contributed by atoms with Gasteiger partial charge in [0.2, 0.25) is 11.7 Å². The number of carbonyl (C=O) groups is 2. The highest BCUT2D eigenvalue weighted by molar-refractivity contribution is 8.00. The largest absolute Gasteiger partial charge is 0.325 e. The van der Waals surface area contributed by atoms with Gasteiger partial charge in [-0.3, -0.25) is 18.8 Å². The Morgan fingerprint density at radius 1 is 0.914 bits per heavy atom. The zero-order chi connectivity index (χ0) is 24.5. The lowest BCUT2D eigenvalue weighted by molar-refractivity contribution is -0.115. The minimum Gasteiger partial charge on any atom is -0.325 e. The first-order chi connectivity index (χ1) is 16.9. The van der Waals surface area contributed by atoms with Crippen LogP contribution in [0.5, 0.6) is 0 Å². The Morgan fingerprint density at radius 2 is 1.60 bits per heavy atom. The number of para-hydroxylation sites is 2. The lowest BCUT2D eigenvalue weighted by Crippen LogP contribution is -2.23. The molecular formula is C26H21N5O3S. The molecule has 0 unspecified atom stereocenters. The molecule has 0 saturated heterocycles. The maximum atomic E-state index is 13.3. The number of rotatable bonds is 6. The minimum atomic E-state index is -0.509. The molecule has 0 bridgehead atoms. The van der Waals surface area contributed by atoms with Crippen LogP contribution in [0.1, 0.15) is 24.2 Å². The van der Waals surface area contributed by atoms with Crippen LogP contribution in [-0.2, 0) is 4.79 Å². The third kappa shape index (κ3) is 4.22. The lowest BCUT2D eigenvalue weighted by Gasteiger charge is -2.13. The Morgan fingerprint density at radius 3 is 2.31 bits per heavy atom. The number of benzene rings is 3. The van der Waals surface area contributed by atoms with Crippen LogP contribution in [0.3, 0.4) is 0 Å². The van der Waals surface area contributed by atoms with E-state index in [1.807, 2.05) is 48.5 Å². The molecule has 0 aliphatic heterocycles. The van der Waals surface area contributed by atoms with Crippen molar-refractivity contribution in [2.75, 3.05) is 5.32 Å². The van der Waals surface area contributed by atoms with E-state index in [4.69, 9.17) is 0 Å². The quantitative estimate of drug-likeness (QED) is 0.285. The smallest absolute Gasteiger partial charge is 0.267 e. The molecule has 1 atom stereocenters. The monoisotopic (exact) mass is 483 g/mol. The molecule has 0 radical (unpaired) electrons. The molecule has 0 aliphatic carbocycles. The van der Waals surface area contributed by atoms with Crippen LogP contribution in [-0.4, -0.2) is 36.1 Å². The first kappa shape index (κ1) is 22.5. The zero-order valence-electron chi connectivity index (χ0n) is 19.0. The summed E-state index contributed by atoms with van der Waals surface area (Å²) >= 11 is 1.25. The van der Waals surface area contributed by atoms with Gasteiger partial charge in [0.1, 0.15) is 0 Å². The molecule has 174 valence electrons. The second kappa shape index (κ2) is 9.19. The molecule has 0 saturated carbocycles. The molecule has 5 aromatic rings. The van der Waals surface area contributed by atoms with Crippen molar-refractivity contribution in [1.82, 2.24) is 19.2 Å². The van der Waals surface area contributed by atoms with Crippen LogP contribution < -0.4 is 10.9 Å². The molecule has 0 spiro atoms. The number of nitrogens with one attached hydrogen (secondary N) is 1. The fourth-order valence-electron chi connectivity index (χ4n) is 3.81. The predicted octanol–water partition coefficient (Wildman–Crippen LogP) is 4.36. The lowest BCUT2D eigenvalue weighted by atomic mass is 10.1. The molecule has 5 rings (SSSR count). The van der Waals surface area contributed by atoms with Crippen molar-refractivity contribution in [3.8, 4) is 5.69 Å². The number of anilines is 1. The van der Waals surface area contributed by atoms with Crippen molar-refractivity contribution in [1.29, 1.82) is 0 Å². The maximum absolute atomic E-state index is 13.3. The summed E-state index contributed by atoms with van der Waals surface area (Å²) in [6.07, 6.45) is 0. The van der Waals surface area contributed by atoms with Gasteiger partial charge in [-0.25, -0.2) is 4.57 Å². The van der Waals surface area contributed by atoms with Crippen LogP contribution in [0.25, 0.3) is 22.4 Å². The molecule has 1 amide bonds. The standard InChI is InChI=1S/C26H21N5O3S/c1-16(32)18-12-14-19(15-13-18)27-23(33)17(2)35-26-29-28-25-30(20-8-4-3-5-9-20)24(34)21-10-6-7-11-22(21)31(25)26/h3-15,17H,1-2H3,(H,27,33)/t17-/m1/s1. The fourth-order valence-corrected chi connectivity index (χ4v) is 4.66. The van der Waals surface area contributed by atoms with E-state index in [-0.39, 0.29) is 17.2 Å². The van der Waals surface area contributed by atoms with E-state index < -0.39 is 5.25 Å². The van der Waals surface area contributed by atoms with Gasteiger partial charge < -0.3 is 5.32 Å². The number of thioether (sulfide) groups is 1. The summed E-state index contributed by atoms with van der Waals surface area (Å²) in [7, 11) is 0. The number of hydrogen-bond acceptors (Lipinski definition) is 6.